The molecule has 2 heterocycles. The first-order chi connectivity index (χ1) is 17.5. The Bertz CT molecular complexity index is 1110. The first kappa shape index (κ1) is 28.5. The average molecular weight is 538 g/mol. The molecule has 0 N–H and O–H groups in total. The minimum Gasteiger partial charge on any atom is -0.447 e. The van der Waals surface area contributed by atoms with Gasteiger partial charge in [-0.2, -0.15) is 18.4 Å². The average Bonchev–Trinajstić information content (AvgIpc) is 2.85. The summed E-state index contributed by atoms with van der Waals surface area (Å²) in [5.74, 6) is 0.292. The van der Waals surface area contributed by atoms with E-state index in [1.165, 1.54) is 18.5 Å². The van der Waals surface area contributed by atoms with Crippen LogP contribution in [-0.4, -0.2) is 45.2 Å². The number of nitrogens with zero attached hydrogens (tertiary/aromatic N) is 5. The van der Waals surface area contributed by atoms with Gasteiger partial charge in [-0.15, -0.1) is 0 Å². The van der Waals surface area contributed by atoms with Crippen molar-refractivity contribution in [3.05, 3.63) is 52.3 Å². The Kier molecular flexibility index (Phi) is 9.24. The van der Waals surface area contributed by atoms with Crippen LogP contribution >= 0.6 is 11.6 Å². The number of hydrogen-bond acceptors (Lipinski definition) is 6. The van der Waals surface area contributed by atoms with Gasteiger partial charge in [-0.1, -0.05) is 25.4 Å². The van der Waals surface area contributed by atoms with Crippen molar-refractivity contribution < 1.29 is 22.7 Å². The molecule has 1 aromatic carbocycles. The van der Waals surface area contributed by atoms with Crippen LogP contribution in [0.1, 0.15) is 70.1 Å². The van der Waals surface area contributed by atoms with Crippen molar-refractivity contribution in [2.45, 2.75) is 90.3 Å². The molecule has 0 aliphatic carbocycles. The zero-order chi connectivity index (χ0) is 27.3. The van der Waals surface area contributed by atoms with Crippen molar-refractivity contribution in [1.82, 2.24) is 14.9 Å². The minimum absolute atomic E-state index is 0.0189. The molecule has 37 heavy (non-hydrogen) atoms. The molecule has 1 fully saturated rings. The fraction of sp³-hybridized carbons (Fsp3) is 0.538. The van der Waals surface area contributed by atoms with Crippen LogP contribution in [0.25, 0.3) is 0 Å². The van der Waals surface area contributed by atoms with Gasteiger partial charge in [0.2, 0.25) is 5.95 Å². The Hall–Kier alpha value is -3.06. The number of hydrogen-bond donors (Lipinski definition) is 0. The monoisotopic (exact) mass is 537 g/mol. The highest BCUT2D eigenvalue weighted by atomic mass is 35.5. The number of rotatable bonds is 7. The van der Waals surface area contributed by atoms with Crippen molar-refractivity contribution in [1.29, 1.82) is 5.26 Å². The van der Waals surface area contributed by atoms with Gasteiger partial charge in [0, 0.05) is 29.7 Å². The van der Waals surface area contributed by atoms with Crippen molar-refractivity contribution in [2.75, 3.05) is 4.90 Å². The molecule has 11 heteroatoms. The molecule has 2 aromatic rings. The van der Waals surface area contributed by atoms with Gasteiger partial charge < -0.3 is 14.5 Å². The second-order valence-electron chi connectivity index (χ2n) is 9.45. The molecule has 3 rings (SSSR count). The number of ether oxygens (including phenoxy) is 1. The maximum atomic E-state index is 13.5. The lowest BCUT2D eigenvalue weighted by atomic mass is 9.87. The van der Waals surface area contributed by atoms with Gasteiger partial charge in [0.25, 0.3) is 0 Å². The van der Waals surface area contributed by atoms with Gasteiger partial charge in [-0.3, -0.25) is 0 Å². The molecule has 1 aliphatic heterocycles. The van der Waals surface area contributed by atoms with Crippen LogP contribution in [0.3, 0.4) is 0 Å². The van der Waals surface area contributed by atoms with E-state index in [2.05, 4.69) is 9.97 Å². The summed E-state index contributed by atoms with van der Waals surface area (Å²) < 4.78 is 45.9. The predicted octanol–water partition coefficient (Wildman–Crippen LogP) is 6.59. The molecule has 0 unspecified atom stereocenters. The number of carbonyl (C=O) groups is 1. The lowest BCUT2D eigenvalue weighted by Gasteiger charge is -2.47. The maximum absolute atomic E-state index is 13.5. The number of amides is 1. The summed E-state index contributed by atoms with van der Waals surface area (Å²) in [6.07, 6.45) is 0.0727. The standard InChI is InChI=1S/C26H31ClF3N5O2/c1-5-21-10-23(11-22(6-2)35(21)25(36)37-16(3)4)34(24-32-13-18(12-31)14-33-24)15-17-7-19(26(28,29)30)9-20(27)8-17/h7-9,13-14,16,21-23H,5-6,10-11,15H2,1-4H3/t21-,22+,23-. The van der Waals surface area contributed by atoms with Crippen LogP contribution in [0, 0.1) is 11.3 Å². The first-order valence-corrected chi connectivity index (χ1v) is 12.7. The lowest BCUT2D eigenvalue weighted by molar-refractivity contribution is -0.137. The Morgan fingerprint density at radius 1 is 1.19 bits per heavy atom. The van der Waals surface area contributed by atoms with Crippen LogP contribution in [0.5, 0.6) is 0 Å². The summed E-state index contributed by atoms with van der Waals surface area (Å²) in [6, 6.07) is 4.99. The number of benzene rings is 1. The van der Waals surface area contributed by atoms with E-state index in [0.717, 1.165) is 12.1 Å². The van der Waals surface area contributed by atoms with Gasteiger partial charge in [-0.05, 0) is 63.3 Å². The third-order valence-electron chi connectivity index (χ3n) is 6.47. The number of nitriles is 1. The first-order valence-electron chi connectivity index (χ1n) is 12.3. The minimum atomic E-state index is -4.54. The van der Waals surface area contributed by atoms with Crippen LogP contribution < -0.4 is 4.90 Å². The van der Waals surface area contributed by atoms with Gasteiger partial charge in [0.1, 0.15) is 6.07 Å². The van der Waals surface area contributed by atoms with Crippen molar-refractivity contribution in [3.8, 4) is 6.07 Å². The summed E-state index contributed by atoms with van der Waals surface area (Å²) in [4.78, 5) is 25.3. The van der Waals surface area contributed by atoms with Crippen LogP contribution in [-0.2, 0) is 17.5 Å². The SMILES string of the molecule is CC[C@@H]1C[C@@H](N(Cc2cc(Cl)cc(C(F)(F)F)c2)c2ncc(C#N)cn2)C[C@H](CC)N1C(=O)OC(C)C. The number of anilines is 1. The fourth-order valence-electron chi connectivity index (χ4n) is 4.78. The Labute approximate surface area is 220 Å². The fourth-order valence-corrected chi connectivity index (χ4v) is 5.04. The molecule has 1 saturated heterocycles. The van der Waals surface area contributed by atoms with Gasteiger partial charge in [0.15, 0.2) is 0 Å². The number of carbonyl (C=O) groups excluding carboxylic acids is 1. The predicted molar refractivity (Wildman–Crippen MR) is 134 cm³/mol. The van der Waals surface area contributed by atoms with Crippen LogP contribution in [0.15, 0.2) is 30.6 Å². The summed E-state index contributed by atoms with van der Waals surface area (Å²) >= 11 is 6.05. The van der Waals surface area contributed by atoms with Gasteiger partial charge in [-0.25, -0.2) is 14.8 Å². The highest BCUT2D eigenvalue weighted by molar-refractivity contribution is 6.30. The van der Waals surface area contributed by atoms with Gasteiger partial charge >= 0.3 is 12.3 Å². The maximum Gasteiger partial charge on any atom is 0.416 e. The van der Waals surface area contributed by atoms with Crippen molar-refractivity contribution in [3.63, 3.8) is 0 Å². The molecule has 1 aliphatic rings. The van der Waals surface area contributed by atoms with Crippen LogP contribution in [0.4, 0.5) is 23.9 Å². The topological polar surface area (TPSA) is 82.4 Å². The molecule has 3 atom stereocenters. The highest BCUT2D eigenvalue weighted by Crippen LogP contribution is 2.35. The largest absolute Gasteiger partial charge is 0.447 e. The molecule has 200 valence electrons. The van der Waals surface area contributed by atoms with E-state index in [1.54, 1.807) is 18.7 Å². The summed E-state index contributed by atoms with van der Waals surface area (Å²) in [6.45, 7) is 7.66. The second-order valence-corrected chi connectivity index (χ2v) is 9.88. The lowest BCUT2D eigenvalue weighted by Crippen LogP contribution is -2.57. The number of aromatic nitrogens is 2. The second kappa shape index (κ2) is 12.0. The molecule has 0 spiro atoms. The van der Waals surface area contributed by atoms with E-state index in [9.17, 15) is 18.0 Å². The smallest absolute Gasteiger partial charge is 0.416 e. The molecule has 7 nitrogen and oxygen atoms in total. The molecule has 0 radical (unpaired) electrons. The van der Waals surface area contributed by atoms with Crippen molar-refractivity contribution in [2.24, 2.45) is 0 Å². The van der Waals surface area contributed by atoms with E-state index < -0.39 is 11.7 Å². The van der Waals surface area contributed by atoms with E-state index in [1.807, 2.05) is 24.8 Å². The molecule has 0 saturated carbocycles. The third-order valence-corrected chi connectivity index (χ3v) is 6.69. The Balaban J connectivity index is 2.00. The number of piperidine rings is 1. The number of likely N-dealkylation sites (tertiary alicyclic amines) is 1. The molecule has 1 amide bonds. The number of halogens is 4. The number of alkyl halides is 3. The van der Waals surface area contributed by atoms with Gasteiger partial charge in [0.05, 0.1) is 29.6 Å². The highest BCUT2D eigenvalue weighted by Gasteiger charge is 2.41. The summed E-state index contributed by atoms with van der Waals surface area (Å²) in [7, 11) is 0. The zero-order valence-electron chi connectivity index (χ0n) is 21.3. The normalized spacial score (nSPS) is 20.0. The third kappa shape index (κ3) is 7.04. The molecular weight excluding hydrogens is 507 g/mol. The summed E-state index contributed by atoms with van der Waals surface area (Å²) in [5.41, 5.74) is -0.203. The summed E-state index contributed by atoms with van der Waals surface area (Å²) in [5, 5.41) is 9.13. The van der Waals surface area contributed by atoms with E-state index in [-0.39, 0.29) is 47.5 Å². The zero-order valence-corrected chi connectivity index (χ0v) is 22.1. The van der Waals surface area contributed by atoms with E-state index >= 15 is 0 Å². The molecular formula is C26H31ClF3N5O2. The Morgan fingerprint density at radius 2 is 1.78 bits per heavy atom. The quantitative estimate of drug-likeness (QED) is 0.396. The van der Waals surface area contributed by atoms with E-state index in [4.69, 9.17) is 21.6 Å². The molecule has 1 aromatic heterocycles. The molecule has 0 bridgehead atoms. The van der Waals surface area contributed by atoms with E-state index in [0.29, 0.717) is 37.2 Å². The van der Waals surface area contributed by atoms with Crippen molar-refractivity contribution >= 4 is 23.6 Å². The Morgan fingerprint density at radius 3 is 2.27 bits per heavy atom. The van der Waals surface area contributed by atoms with Crippen LogP contribution in [0.2, 0.25) is 5.02 Å².